The number of aromatic nitrogens is 1. The van der Waals surface area contributed by atoms with Gasteiger partial charge in [-0.05, 0) is 29.8 Å². The highest BCUT2D eigenvalue weighted by Crippen LogP contribution is 2.29. The smallest absolute Gasteiger partial charge is 0.323 e. The summed E-state index contributed by atoms with van der Waals surface area (Å²) in [5, 5.41) is 4.87. The lowest BCUT2D eigenvalue weighted by atomic mass is 9.99. The van der Waals surface area contributed by atoms with E-state index in [1.807, 2.05) is 24.3 Å². The van der Waals surface area contributed by atoms with E-state index in [2.05, 4.69) is 27.5 Å². The molecule has 8 nitrogen and oxygen atoms in total. The summed E-state index contributed by atoms with van der Waals surface area (Å²) in [4.78, 5) is 43.5. The first-order chi connectivity index (χ1) is 15.0. The second kappa shape index (κ2) is 7.11. The van der Waals surface area contributed by atoms with Crippen LogP contribution < -0.4 is 15.4 Å². The van der Waals surface area contributed by atoms with Crippen molar-refractivity contribution in [3.63, 3.8) is 0 Å². The van der Waals surface area contributed by atoms with Gasteiger partial charge in [0, 0.05) is 17.7 Å². The summed E-state index contributed by atoms with van der Waals surface area (Å²) in [6.07, 6.45) is 0. The fourth-order valence-electron chi connectivity index (χ4n) is 3.77. The number of rotatable bonds is 3. The van der Waals surface area contributed by atoms with Crippen LogP contribution in [0.3, 0.4) is 0 Å². The highest BCUT2D eigenvalue weighted by Gasteiger charge is 2.48. The van der Waals surface area contributed by atoms with Crippen molar-refractivity contribution in [1.82, 2.24) is 20.5 Å². The number of carbonyl (C=O) groups excluding carboxylic acids is 3. The molecule has 0 saturated carbocycles. The normalized spacial score (nSPS) is 19.6. The van der Waals surface area contributed by atoms with Crippen LogP contribution >= 0.6 is 11.3 Å². The summed E-state index contributed by atoms with van der Waals surface area (Å²) in [7, 11) is 1.53. The predicted octanol–water partition coefficient (Wildman–Crippen LogP) is 1.89. The Bertz CT molecular complexity index is 1320. The van der Waals surface area contributed by atoms with Crippen molar-refractivity contribution in [3.05, 3.63) is 58.6 Å². The first-order valence-corrected chi connectivity index (χ1v) is 10.3. The summed E-state index contributed by atoms with van der Waals surface area (Å²) in [5.74, 6) is 5.71. The zero-order chi connectivity index (χ0) is 21.6. The lowest BCUT2D eigenvalue weighted by Gasteiger charge is -2.26. The molecular formula is C22H16N4O4S. The van der Waals surface area contributed by atoms with E-state index in [0.29, 0.717) is 23.4 Å². The fraction of sp³-hybridized carbons (Fsp3) is 0.182. The minimum atomic E-state index is -1.55. The van der Waals surface area contributed by atoms with Gasteiger partial charge in [-0.2, -0.15) is 0 Å². The molecule has 2 aliphatic rings. The Hall–Kier alpha value is -3.90. The van der Waals surface area contributed by atoms with Gasteiger partial charge in [0.25, 0.3) is 11.8 Å². The second-order valence-corrected chi connectivity index (χ2v) is 8.11. The predicted molar refractivity (Wildman–Crippen MR) is 114 cm³/mol. The van der Waals surface area contributed by atoms with E-state index in [1.54, 1.807) is 17.6 Å². The maximum atomic E-state index is 13.0. The molecule has 9 heteroatoms. The number of methoxy groups -OCH3 is 1. The number of thiazole rings is 1. The van der Waals surface area contributed by atoms with E-state index < -0.39 is 17.5 Å². The number of ether oxygens (including phenoxy) is 1. The third kappa shape index (κ3) is 3.17. The molecule has 154 valence electrons. The quantitative estimate of drug-likeness (QED) is 0.486. The van der Waals surface area contributed by atoms with Crippen LogP contribution in [-0.4, -0.2) is 46.9 Å². The number of fused-ring (bicyclic) bond motifs is 2. The summed E-state index contributed by atoms with van der Waals surface area (Å²) in [6, 6.07) is 10.2. The number of nitrogens with zero attached hydrogens (tertiary/aromatic N) is 2. The fourth-order valence-corrected chi connectivity index (χ4v) is 4.53. The lowest BCUT2D eigenvalue weighted by Crippen LogP contribution is -2.54. The van der Waals surface area contributed by atoms with Gasteiger partial charge in [-0.15, -0.1) is 11.3 Å². The molecule has 31 heavy (non-hydrogen) atoms. The molecule has 1 fully saturated rings. The van der Waals surface area contributed by atoms with Crippen molar-refractivity contribution in [2.24, 2.45) is 0 Å². The molecule has 3 aromatic rings. The average Bonchev–Trinajstić information content (AvgIpc) is 3.43. The maximum absolute atomic E-state index is 13.0. The molecule has 2 aromatic carbocycles. The number of urea groups is 1. The summed E-state index contributed by atoms with van der Waals surface area (Å²) in [6.45, 7) is 0.237. The van der Waals surface area contributed by atoms with Crippen molar-refractivity contribution in [2.75, 3.05) is 13.7 Å². The highest BCUT2D eigenvalue weighted by molar-refractivity contribution is 7.17. The van der Waals surface area contributed by atoms with Crippen LogP contribution in [0.5, 0.6) is 5.75 Å². The van der Waals surface area contributed by atoms with E-state index in [-0.39, 0.29) is 12.5 Å². The molecule has 5 rings (SSSR count). The number of carbonyl (C=O) groups is 3. The van der Waals surface area contributed by atoms with Crippen LogP contribution in [0.15, 0.2) is 41.9 Å². The maximum Gasteiger partial charge on any atom is 0.323 e. The number of amides is 4. The van der Waals surface area contributed by atoms with Crippen molar-refractivity contribution < 1.29 is 19.1 Å². The minimum Gasteiger partial charge on any atom is -0.497 e. The molecular weight excluding hydrogens is 416 g/mol. The van der Waals surface area contributed by atoms with Crippen molar-refractivity contribution in [1.29, 1.82) is 0 Å². The molecule has 1 aromatic heterocycles. The van der Waals surface area contributed by atoms with Gasteiger partial charge >= 0.3 is 6.03 Å². The third-order valence-electron chi connectivity index (χ3n) is 5.33. The monoisotopic (exact) mass is 432 g/mol. The van der Waals surface area contributed by atoms with Gasteiger partial charge in [0.1, 0.15) is 5.75 Å². The topological polar surface area (TPSA) is 101 Å². The van der Waals surface area contributed by atoms with E-state index in [0.717, 1.165) is 15.8 Å². The van der Waals surface area contributed by atoms with E-state index >= 15 is 0 Å². The van der Waals surface area contributed by atoms with Crippen molar-refractivity contribution in [3.8, 4) is 17.6 Å². The van der Waals surface area contributed by atoms with E-state index in [1.165, 1.54) is 23.3 Å². The SMILES string of the molecule is COc1ccc2c(c1)C(=O)N(CC1(C#Cc3cccc4ncsc34)NC(=O)NC1=O)C2. The zero-order valence-electron chi connectivity index (χ0n) is 16.4. The van der Waals surface area contributed by atoms with E-state index in [4.69, 9.17) is 4.74 Å². The first-order valence-electron chi connectivity index (χ1n) is 9.44. The zero-order valence-corrected chi connectivity index (χ0v) is 17.2. The number of hydrogen-bond donors (Lipinski definition) is 2. The van der Waals surface area contributed by atoms with Crippen molar-refractivity contribution in [2.45, 2.75) is 12.1 Å². The average molecular weight is 432 g/mol. The van der Waals surface area contributed by atoms with Crippen LogP contribution in [0.4, 0.5) is 4.79 Å². The van der Waals surface area contributed by atoms with Gasteiger partial charge < -0.3 is 15.0 Å². The van der Waals surface area contributed by atoms with E-state index in [9.17, 15) is 14.4 Å². The molecule has 1 unspecified atom stereocenters. The largest absolute Gasteiger partial charge is 0.497 e. The first kappa shape index (κ1) is 19.1. The number of imide groups is 1. The standard InChI is InChI=1S/C22H16N4O4S/c1-30-15-6-5-14-10-26(19(27)16(14)9-15)11-22(20(28)24-21(29)25-22)8-7-13-3-2-4-17-18(13)31-12-23-17/h2-6,9,12H,10-11H2,1H3,(H2,24,25,28,29). The molecule has 3 heterocycles. The Balaban J connectivity index is 1.50. The molecule has 2 aliphatic heterocycles. The Morgan fingerprint density at radius 1 is 1.26 bits per heavy atom. The Morgan fingerprint density at radius 3 is 2.90 bits per heavy atom. The summed E-state index contributed by atoms with van der Waals surface area (Å²) >= 11 is 1.45. The third-order valence-corrected chi connectivity index (χ3v) is 6.21. The van der Waals surface area contributed by atoms with Gasteiger partial charge in [-0.3, -0.25) is 14.9 Å². The summed E-state index contributed by atoms with van der Waals surface area (Å²) in [5.41, 5.74) is 3.03. The van der Waals surface area contributed by atoms with Gasteiger partial charge in [0.15, 0.2) is 0 Å². The Labute approximate surface area is 181 Å². The molecule has 1 saturated heterocycles. The van der Waals surface area contributed by atoms with Gasteiger partial charge in [-0.1, -0.05) is 24.0 Å². The van der Waals surface area contributed by atoms with Crippen LogP contribution in [-0.2, 0) is 11.3 Å². The Morgan fingerprint density at radius 2 is 2.13 bits per heavy atom. The molecule has 0 aliphatic carbocycles. The molecule has 2 N–H and O–H groups in total. The van der Waals surface area contributed by atoms with Crippen LogP contribution in [0, 0.1) is 11.8 Å². The van der Waals surface area contributed by atoms with Gasteiger partial charge in [-0.25, -0.2) is 9.78 Å². The van der Waals surface area contributed by atoms with Gasteiger partial charge in [0.05, 0.1) is 29.4 Å². The molecule has 0 radical (unpaired) electrons. The van der Waals surface area contributed by atoms with Gasteiger partial charge in [0.2, 0.25) is 5.54 Å². The number of benzene rings is 2. The highest BCUT2D eigenvalue weighted by atomic mass is 32.1. The van der Waals surface area contributed by atoms with Crippen molar-refractivity contribution >= 4 is 39.4 Å². The second-order valence-electron chi connectivity index (χ2n) is 7.25. The minimum absolute atomic E-state index is 0.0773. The lowest BCUT2D eigenvalue weighted by molar-refractivity contribution is -0.122. The molecule has 1 atom stereocenters. The Kier molecular flexibility index (Phi) is 4.38. The molecule has 4 amide bonds. The van der Waals surface area contributed by atoms with Crippen LogP contribution in [0.2, 0.25) is 0 Å². The molecule has 0 bridgehead atoms. The van der Waals surface area contributed by atoms with Crippen LogP contribution in [0.1, 0.15) is 21.5 Å². The summed E-state index contributed by atoms with van der Waals surface area (Å²) < 4.78 is 6.10. The number of nitrogens with one attached hydrogen (secondary N) is 2. The van der Waals surface area contributed by atoms with Crippen LogP contribution in [0.25, 0.3) is 10.2 Å². The molecule has 0 spiro atoms. The number of hydrogen-bond acceptors (Lipinski definition) is 6.